The summed E-state index contributed by atoms with van der Waals surface area (Å²) < 4.78 is 0. The molecule has 6 nitrogen and oxygen atoms in total. The Hall–Kier alpha value is -1.76. The normalized spacial score (nSPS) is 23.1. The van der Waals surface area contributed by atoms with Crippen molar-refractivity contribution in [1.29, 1.82) is 0 Å². The van der Waals surface area contributed by atoms with Crippen LogP contribution in [0.25, 0.3) is 0 Å². The summed E-state index contributed by atoms with van der Waals surface area (Å²) in [4.78, 5) is 41.3. The highest BCUT2D eigenvalue weighted by Crippen LogP contribution is 2.41. The zero-order chi connectivity index (χ0) is 14.3. The second kappa shape index (κ2) is 4.97. The van der Waals surface area contributed by atoms with Crippen molar-refractivity contribution in [2.24, 2.45) is 5.92 Å². The Labute approximate surface area is 120 Å². The van der Waals surface area contributed by atoms with Gasteiger partial charge in [0.15, 0.2) is 0 Å². The molecule has 0 spiro atoms. The van der Waals surface area contributed by atoms with Crippen LogP contribution in [0.1, 0.15) is 44.2 Å². The second-order valence-electron chi connectivity index (χ2n) is 5.14. The summed E-state index contributed by atoms with van der Waals surface area (Å²) in [5.74, 6) is -1.28. The molecular formula is C13H15N3O3S. The number of barbiturate groups is 1. The van der Waals surface area contributed by atoms with Crippen molar-refractivity contribution in [1.82, 2.24) is 10.3 Å². The molecule has 0 radical (unpaired) electrons. The number of hydrogen-bond acceptors (Lipinski definition) is 5. The van der Waals surface area contributed by atoms with E-state index < -0.39 is 23.8 Å². The standard InChI is InChI=1S/C13H15N3O3S/c1-2-3-8-10(17)15-12(19)16(11(8)18)13-14-9(6-20-13)7-4-5-7/h6-8H,2-5H2,1H3,(H,15,17,19). The van der Waals surface area contributed by atoms with Gasteiger partial charge in [-0.25, -0.2) is 14.7 Å². The van der Waals surface area contributed by atoms with Crippen molar-refractivity contribution in [3.8, 4) is 0 Å². The smallest absolute Gasteiger partial charge is 0.277 e. The van der Waals surface area contributed by atoms with Gasteiger partial charge in [0.2, 0.25) is 16.9 Å². The van der Waals surface area contributed by atoms with Gasteiger partial charge in [-0.2, -0.15) is 0 Å². The molecule has 1 unspecified atom stereocenters. The van der Waals surface area contributed by atoms with Crippen molar-refractivity contribution >= 4 is 34.3 Å². The predicted octanol–water partition coefficient (Wildman–Crippen LogP) is 2.02. The van der Waals surface area contributed by atoms with Crippen molar-refractivity contribution in [2.45, 2.75) is 38.5 Å². The minimum atomic E-state index is -0.786. The van der Waals surface area contributed by atoms with Gasteiger partial charge in [0.1, 0.15) is 5.92 Å². The van der Waals surface area contributed by atoms with E-state index in [1.54, 1.807) is 0 Å². The third kappa shape index (κ3) is 2.22. The summed E-state index contributed by atoms with van der Waals surface area (Å²) in [5, 5.41) is 4.49. The highest BCUT2D eigenvalue weighted by molar-refractivity contribution is 7.14. The first kappa shape index (κ1) is 13.2. The number of rotatable bonds is 4. The first-order valence-corrected chi connectivity index (χ1v) is 7.64. The van der Waals surface area contributed by atoms with Crippen molar-refractivity contribution in [2.75, 3.05) is 4.90 Å². The van der Waals surface area contributed by atoms with E-state index in [0.29, 0.717) is 23.9 Å². The largest absolute Gasteiger partial charge is 0.337 e. The van der Waals surface area contributed by atoms with Crippen LogP contribution in [-0.4, -0.2) is 22.8 Å². The Morgan fingerprint density at radius 2 is 2.15 bits per heavy atom. The van der Waals surface area contributed by atoms with Crippen LogP contribution >= 0.6 is 11.3 Å². The highest BCUT2D eigenvalue weighted by atomic mass is 32.1. The number of amides is 4. The molecule has 4 amide bonds. The van der Waals surface area contributed by atoms with Crippen LogP contribution in [0.3, 0.4) is 0 Å². The van der Waals surface area contributed by atoms with Gasteiger partial charge in [0.05, 0.1) is 5.69 Å². The molecule has 106 valence electrons. The lowest BCUT2D eigenvalue weighted by Crippen LogP contribution is -2.58. The molecule has 0 aromatic carbocycles. The maximum atomic E-state index is 12.3. The minimum absolute atomic E-state index is 0.364. The number of nitrogens with one attached hydrogen (secondary N) is 1. The van der Waals surface area contributed by atoms with Gasteiger partial charge in [0.25, 0.3) is 0 Å². The number of carbonyl (C=O) groups excluding carboxylic acids is 3. The van der Waals surface area contributed by atoms with E-state index in [9.17, 15) is 14.4 Å². The minimum Gasteiger partial charge on any atom is -0.277 e. The molecule has 1 aliphatic carbocycles. The molecule has 1 N–H and O–H groups in total. The average molecular weight is 293 g/mol. The number of hydrogen-bond donors (Lipinski definition) is 1. The lowest BCUT2D eigenvalue weighted by atomic mass is 10.00. The molecule has 2 aliphatic rings. The fourth-order valence-electron chi connectivity index (χ4n) is 2.29. The van der Waals surface area contributed by atoms with Gasteiger partial charge < -0.3 is 0 Å². The molecule has 1 aromatic rings. The summed E-state index contributed by atoms with van der Waals surface area (Å²) in [5.41, 5.74) is 0.939. The van der Waals surface area contributed by atoms with E-state index in [2.05, 4.69) is 10.3 Å². The quantitative estimate of drug-likeness (QED) is 0.861. The van der Waals surface area contributed by atoms with Crippen molar-refractivity contribution < 1.29 is 14.4 Å². The van der Waals surface area contributed by atoms with E-state index in [1.165, 1.54) is 11.3 Å². The number of nitrogens with zero attached hydrogens (tertiary/aromatic N) is 2. The molecule has 2 heterocycles. The van der Waals surface area contributed by atoms with Gasteiger partial charge in [-0.05, 0) is 19.3 Å². The Balaban J connectivity index is 1.87. The monoisotopic (exact) mass is 293 g/mol. The molecule has 2 fully saturated rings. The van der Waals surface area contributed by atoms with Gasteiger partial charge in [-0.15, -0.1) is 11.3 Å². The van der Waals surface area contributed by atoms with Gasteiger partial charge in [0, 0.05) is 11.3 Å². The van der Waals surface area contributed by atoms with Crippen LogP contribution in [0.15, 0.2) is 5.38 Å². The summed E-state index contributed by atoms with van der Waals surface area (Å²) in [6.07, 6.45) is 3.37. The fourth-order valence-corrected chi connectivity index (χ4v) is 3.19. The highest BCUT2D eigenvalue weighted by Gasteiger charge is 2.42. The summed E-state index contributed by atoms with van der Waals surface area (Å²) in [6.45, 7) is 1.90. The van der Waals surface area contributed by atoms with E-state index in [-0.39, 0.29) is 0 Å². The van der Waals surface area contributed by atoms with Crippen molar-refractivity contribution in [3.05, 3.63) is 11.1 Å². The third-order valence-corrected chi connectivity index (χ3v) is 4.39. The first-order chi connectivity index (χ1) is 9.61. The van der Waals surface area contributed by atoms with Gasteiger partial charge in [-0.1, -0.05) is 13.3 Å². The number of thiazole rings is 1. The van der Waals surface area contributed by atoms with Crippen LogP contribution < -0.4 is 10.2 Å². The second-order valence-corrected chi connectivity index (χ2v) is 5.98. The van der Waals surface area contributed by atoms with Crippen molar-refractivity contribution in [3.63, 3.8) is 0 Å². The van der Waals surface area contributed by atoms with E-state index in [1.807, 2.05) is 12.3 Å². The van der Waals surface area contributed by atoms with Gasteiger partial charge in [-0.3, -0.25) is 14.9 Å². The van der Waals surface area contributed by atoms with E-state index >= 15 is 0 Å². The topological polar surface area (TPSA) is 79.4 Å². The molecule has 1 atom stereocenters. The Morgan fingerprint density at radius 3 is 2.80 bits per heavy atom. The number of aromatic nitrogens is 1. The Morgan fingerprint density at radius 1 is 1.40 bits per heavy atom. The number of imide groups is 2. The number of carbonyl (C=O) groups is 3. The summed E-state index contributed by atoms with van der Waals surface area (Å²) in [6, 6.07) is -0.691. The maximum Gasteiger partial charge on any atom is 0.337 e. The average Bonchev–Trinajstić information content (AvgIpc) is 3.14. The molecule has 7 heteroatoms. The van der Waals surface area contributed by atoms with E-state index in [4.69, 9.17) is 0 Å². The SMILES string of the molecule is CCCC1C(=O)NC(=O)N(c2nc(C3CC3)cs2)C1=O. The third-order valence-electron chi connectivity index (χ3n) is 3.54. The zero-order valence-corrected chi connectivity index (χ0v) is 11.9. The molecule has 3 rings (SSSR count). The van der Waals surface area contributed by atoms with Crippen LogP contribution in [0.2, 0.25) is 0 Å². The van der Waals surface area contributed by atoms with Crippen LogP contribution in [-0.2, 0) is 9.59 Å². The molecule has 20 heavy (non-hydrogen) atoms. The number of anilines is 1. The van der Waals surface area contributed by atoms with Crippen LogP contribution in [0.4, 0.5) is 9.93 Å². The molecule has 1 saturated carbocycles. The maximum absolute atomic E-state index is 12.3. The molecule has 1 aliphatic heterocycles. The summed E-state index contributed by atoms with van der Waals surface area (Å²) >= 11 is 1.28. The number of urea groups is 1. The Bertz CT molecular complexity index is 579. The van der Waals surface area contributed by atoms with Crippen LogP contribution in [0.5, 0.6) is 0 Å². The Kier molecular flexibility index (Phi) is 3.29. The zero-order valence-electron chi connectivity index (χ0n) is 11.1. The lowest BCUT2D eigenvalue weighted by Gasteiger charge is -2.28. The molecular weight excluding hydrogens is 278 g/mol. The molecule has 1 saturated heterocycles. The predicted molar refractivity (Wildman–Crippen MR) is 73.5 cm³/mol. The molecule has 1 aromatic heterocycles. The fraction of sp³-hybridized carbons (Fsp3) is 0.538. The molecule has 0 bridgehead atoms. The van der Waals surface area contributed by atoms with Crippen LogP contribution in [0, 0.1) is 5.92 Å². The lowest BCUT2D eigenvalue weighted by molar-refractivity contribution is -0.134. The van der Waals surface area contributed by atoms with E-state index in [0.717, 1.165) is 23.4 Å². The van der Waals surface area contributed by atoms with Gasteiger partial charge >= 0.3 is 6.03 Å². The first-order valence-electron chi connectivity index (χ1n) is 6.76. The summed E-state index contributed by atoms with van der Waals surface area (Å²) in [7, 11) is 0.